The first-order valence-corrected chi connectivity index (χ1v) is 5.94. The summed E-state index contributed by atoms with van der Waals surface area (Å²) in [4.78, 5) is 11.8. The molecule has 0 atom stereocenters. The van der Waals surface area contributed by atoms with Crippen LogP contribution in [0.2, 0.25) is 5.02 Å². The van der Waals surface area contributed by atoms with E-state index in [4.69, 9.17) is 16.7 Å². The van der Waals surface area contributed by atoms with Crippen molar-refractivity contribution >= 4 is 17.3 Å². The van der Waals surface area contributed by atoms with Gasteiger partial charge in [0.25, 0.3) is 5.56 Å². The van der Waals surface area contributed by atoms with Crippen molar-refractivity contribution in [1.29, 1.82) is 0 Å². The second kappa shape index (κ2) is 5.81. The molecule has 0 spiro atoms. The summed E-state index contributed by atoms with van der Waals surface area (Å²) in [6.45, 7) is 0.318. The molecule has 0 bridgehead atoms. The molecule has 2 aromatic heterocycles. The minimum atomic E-state index is -0.446. The van der Waals surface area contributed by atoms with Gasteiger partial charge in [0, 0.05) is 7.05 Å². The lowest BCUT2D eigenvalue weighted by molar-refractivity contribution is 0.266. The first-order chi connectivity index (χ1) is 9.13. The molecule has 8 nitrogen and oxygen atoms in total. The Morgan fingerprint density at radius 1 is 1.53 bits per heavy atom. The van der Waals surface area contributed by atoms with Crippen LogP contribution in [0.4, 0.5) is 5.69 Å². The van der Waals surface area contributed by atoms with Crippen LogP contribution >= 0.6 is 11.6 Å². The van der Waals surface area contributed by atoms with E-state index in [1.165, 1.54) is 6.20 Å². The van der Waals surface area contributed by atoms with Crippen molar-refractivity contribution in [1.82, 2.24) is 24.5 Å². The van der Waals surface area contributed by atoms with E-state index in [1.54, 1.807) is 10.9 Å². The van der Waals surface area contributed by atoms with Crippen molar-refractivity contribution in [2.75, 3.05) is 11.9 Å². The first kappa shape index (κ1) is 13.5. The predicted molar refractivity (Wildman–Crippen MR) is 68.9 cm³/mol. The smallest absolute Gasteiger partial charge is 0.287 e. The molecule has 0 radical (unpaired) electrons. The third kappa shape index (κ3) is 2.91. The predicted octanol–water partition coefficient (Wildman–Crippen LogP) is -0.370. The number of aromatic nitrogens is 5. The number of aliphatic hydroxyl groups excluding tert-OH is 1. The molecule has 0 aliphatic carbocycles. The van der Waals surface area contributed by atoms with Gasteiger partial charge in [0.05, 0.1) is 31.6 Å². The molecule has 9 heteroatoms. The molecule has 2 heterocycles. The van der Waals surface area contributed by atoms with Gasteiger partial charge in [-0.1, -0.05) is 11.6 Å². The maximum atomic E-state index is 11.8. The molecule has 2 N–H and O–H groups in total. The number of anilines is 1. The van der Waals surface area contributed by atoms with Crippen molar-refractivity contribution in [2.45, 2.75) is 13.1 Å². The number of nitrogens with zero attached hydrogens (tertiary/aromatic N) is 5. The Labute approximate surface area is 113 Å². The molecule has 0 aliphatic heterocycles. The number of halogens is 1. The average Bonchev–Trinajstić information content (AvgIpc) is 2.80. The molecule has 0 amide bonds. The van der Waals surface area contributed by atoms with Crippen molar-refractivity contribution in [3.63, 3.8) is 0 Å². The van der Waals surface area contributed by atoms with E-state index in [0.717, 1.165) is 4.68 Å². The lowest BCUT2D eigenvalue weighted by Crippen LogP contribution is -2.25. The summed E-state index contributed by atoms with van der Waals surface area (Å²) in [5.41, 5.74) is -0.0254. The molecule has 2 aromatic rings. The molecule has 102 valence electrons. The molecule has 0 fully saturated rings. The monoisotopic (exact) mass is 284 g/mol. The van der Waals surface area contributed by atoms with Crippen LogP contribution in [-0.4, -0.2) is 36.3 Å². The Morgan fingerprint density at radius 3 is 2.95 bits per heavy atom. The third-order valence-corrected chi connectivity index (χ3v) is 2.90. The van der Waals surface area contributed by atoms with Gasteiger partial charge in [-0.25, -0.2) is 4.68 Å². The lowest BCUT2D eigenvalue weighted by Gasteiger charge is -2.09. The zero-order valence-corrected chi connectivity index (χ0v) is 11.0. The number of aliphatic hydroxyl groups is 1. The number of nitrogens with one attached hydrogen (secondary N) is 1. The van der Waals surface area contributed by atoms with Crippen LogP contribution in [0.5, 0.6) is 0 Å². The standard InChI is InChI=1S/C10H13ClN6O2/c1-16-6-13-15-8(16)5-12-7-4-14-17(2-3-18)10(19)9(7)11/h4,6,12,18H,2-3,5H2,1H3. The fourth-order valence-corrected chi connectivity index (χ4v) is 1.70. The lowest BCUT2D eigenvalue weighted by atomic mass is 10.4. The molecule has 0 unspecified atom stereocenters. The zero-order chi connectivity index (χ0) is 13.8. The van der Waals surface area contributed by atoms with E-state index in [-0.39, 0.29) is 18.2 Å². The zero-order valence-electron chi connectivity index (χ0n) is 10.2. The van der Waals surface area contributed by atoms with Gasteiger partial charge >= 0.3 is 0 Å². The SMILES string of the molecule is Cn1cnnc1CNc1cnn(CCO)c(=O)c1Cl. The van der Waals surface area contributed by atoms with Crippen LogP contribution in [0.25, 0.3) is 0 Å². The van der Waals surface area contributed by atoms with Gasteiger partial charge < -0.3 is 15.0 Å². The van der Waals surface area contributed by atoms with Gasteiger partial charge in [0.15, 0.2) is 5.82 Å². The number of hydrogen-bond donors (Lipinski definition) is 2. The second-order valence-corrected chi connectivity index (χ2v) is 4.21. The van der Waals surface area contributed by atoms with E-state index in [1.807, 2.05) is 7.05 Å². The Hall–Kier alpha value is -1.93. The summed E-state index contributed by atoms with van der Waals surface area (Å²) in [6.07, 6.45) is 3.02. The van der Waals surface area contributed by atoms with Crippen molar-refractivity contribution < 1.29 is 5.11 Å². The van der Waals surface area contributed by atoms with Crippen molar-refractivity contribution in [3.05, 3.63) is 33.7 Å². The van der Waals surface area contributed by atoms with Crippen LogP contribution in [-0.2, 0) is 20.1 Å². The molecular formula is C10H13ClN6O2. The average molecular weight is 285 g/mol. The van der Waals surface area contributed by atoms with Crippen LogP contribution in [0, 0.1) is 0 Å². The fraction of sp³-hybridized carbons (Fsp3) is 0.400. The van der Waals surface area contributed by atoms with E-state index >= 15 is 0 Å². The quantitative estimate of drug-likeness (QED) is 0.777. The molecule has 0 aromatic carbocycles. The van der Waals surface area contributed by atoms with Crippen LogP contribution in [0.3, 0.4) is 0 Å². The summed E-state index contributed by atoms with van der Waals surface area (Å²) in [6, 6.07) is 0. The summed E-state index contributed by atoms with van der Waals surface area (Å²) in [5, 5.41) is 23.3. The van der Waals surface area contributed by atoms with Crippen LogP contribution in [0.1, 0.15) is 5.82 Å². The highest BCUT2D eigenvalue weighted by molar-refractivity contribution is 6.32. The fourth-order valence-electron chi connectivity index (χ4n) is 1.48. The van der Waals surface area contributed by atoms with Crippen molar-refractivity contribution in [2.24, 2.45) is 7.05 Å². The topological polar surface area (TPSA) is 97.9 Å². The molecular weight excluding hydrogens is 272 g/mol. The van der Waals surface area contributed by atoms with Gasteiger partial charge in [0.2, 0.25) is 0 Å². The maximum Gasteiger partial charge on any atom is 0.287 e. The van der Waals surface area contributed by atoms with Gasteiger partial charge in [0.1, 0.15) is 11.3 Å². The van der Waals surface area contributed by atoms with E-state index in [0.29, 0.717) is 18.1 Å². The molecule has 2 rings (SSSR count). The highest BCUT2D eigenvalue weighted by Crippen LogP contribution is 2.15. The Balaban J connectivity index is 2.16. The van der Waals surface area contributed by atoms with Crippen LogP contribution in [0.15, 0.2) is 17.3 Å². The van der Waals surface area contributed by atoms with E-state index < -0.39 is 5.56 Å². The Bertz CT molecular complexity index is 623. The van der Waals surface area contributed by atoms with E-state index in [2.05, 4.69) is 20.6 Å². The summed E-state index contributed by atoms with van der Waals surface area (Å²) >= 11 is 5.95. The molecule has 0 aliphatic rings. The summed E-state index contributed by atoms with van der Waals surface area (Å²) in [5.74, 6) is 0.704. The number of aryl methyl sites for hydroxylation is 1. The molecule has 0 saturated carbocycles. The minimum absolute atomic E-state index is 0.0330. The second-order valence-electron chi connectivity index (χ2n) is 3.84. The van der Waals surface area contributed by atoms with Crippen LogP contribution < -0.4 is 10.9 Å². The van der Waals surface area contributed by atoms with Crippen molar-refractivity contribution in [3.8, 4) is 0 Å². The minimum Gasteiger partial charge on any atom is -0.394 e. The molecule has 0 saturated heterocycles. The van der Waals surface area contributed by atoms with Gasteiger partial charge in [-0.05, 0) is 0 Å². The largest absolute Gasteiger partial charge is 0.394 e. The third-order valence-electron chi connectivity index (χ3n) is 2.54. The maximum absolute atomic E-state index is 11.8. The Morgan fingerprint density at radius 2 is 2.32 bits per heavy atom. The normalized spacial score (nSPS) is 10.7. The van der Waals surface area contributed by atoms with Gasteiger partial charge in [-0.2, -0.15) is 5.10 Å². The summed E-state index contributed by atoms with van der Waals surface area (Å²) in [7, 11) is 1.82. The first-order valence-electron chi connectivity index (χ1n) is 5.56. The number of rotatable bonds is 5. The highest BCUT2D eigenvalue weighted by Gasteiger charge is 2.09. The summed E-state index contributed by atoms with van der Waals surface area (Å²) < 4.78 is 2.86. The highest BCUT2D eigenvalue weighted by atomic mass is 35.5. The van der Waals surface area contributed by atoms with E-state index in [9.17, 15) is 4.79 Å². The number of hydrogen-bond acceptors (Lipinski definition) is 6. The molecule has 19 heavy (non-hydrogen) atoms. The van der Waals surface area contributed by atoms with Gasteiger partial charge in [-0.3, -0.25) is 4.79 Å². The van der Waals surface area contributed by atoms with Gasteiger partial charge in [-0.15, -0.1) is 10.2 Å². The Kier molecular flexibility index (Phi) is 4.13.